The van der Waals surface area contributed by atoms with Crippen molar-refractivity contribution >= 4 is 15.9 Å². The van der Waals surface area contributed by atoms with Gasteiger partial charge in [0.15, 0.2) is 5.76 Å². The van der Waals surface area contributed by atoms with Crippen molar-refractivity contribution in [3.63, 3.8) is 0 Å². The highest BCUT2D eigenvalue weighted by Crippen LogP contribution is 2.17. The number of rotatable bonds is 7. The molecule has 0 aliphatic heterocycles. The van der Waals surface area contributed by atoms with E-state index in [2.05, 4.69) is 5.32 Å². The molecular weight excluding hydrogens is 320 g/mol. The van der Waals surface area contributed by atoms with Crippen molar-refractivity contribution in [3.05, 3.63) is 48.4 Å². The molecule has 2 aromatic rings. The van der Waals surface area contributed by atoms with Crippen LogP contribution in [0.25, 0.3) is 0 Å². The number of sulfonamides is 1. The van der Waals surface area contributed by atoms with E-state index >= 15 is 0 Å². The third-order valence-electron chi connectivity index (χ3n) is 3.00. The minimum Gasteiger partial charge on any atom is -0.492 e. The van der Waals surface area contributed by atoms with E-state index in [-0.39, 0.29) is 23.2 Å². The summed E-state index contributed by atoms with van der Waals surface area (Å²) in [6.45, 7) is 0.559. The molecule has 0 saturated heterocycles. The van der Waals surface area contributed by atoms with Gasteiger partial charge in [-0.15, -0.1) is 0 Å². The average Bonchev–Trinajstić information content (AvgIpc) is 3.06. The normalized spacial score (nSPS) is 11.4. The third-order valence-corrected chi connectivity index (χ3v) is 4.83. The van der Waals surface area contributed by atoms with Crippen LogP contribution in [-0.4, -0.2) is 45.9 Å². The van der Waals surface area contributed by atoms with Crippen LogP contribution < -0.4 is 10.1 Å². The third kappa shape index (κ3) is 4.33. The van der Waals surface area contributed by atoms with Gasteiger partial charge in [0.05, 0.1) is 17.7 Å². The van der Waals surface area contributed by atoms with Crippen molar-refractivity contribution in [3.8, 4) is 5.75 Å². The molecule has 0 bridgehead atoms. The van der Waals surface area contributed by atoms with Crippen LogP contribution in [0, 0.1) is 0 Å². The minimum absolute atomic E-state index is 0.195. The smallest absolute Gasteiger partial charge is 0.287 e. The number of ether oxygens (including phenoxy) is 1. The van der Waals surface area contributed by atoms with Crippen LogP contribution in [0.3, 0.4) is 0 Å². The summed E-state index contributed by atoms with van der Waals surface area (Å²) in [5, 5.41) is 2.65. The van der Waals surface area contributed by atoms with Crippen LogP contribution in [0.2, 0.25) is 0 Å². The van der Waals surface area contributed by atoms with Gasteiger partial charge in [-0.3, -0.25) is 4.79 Å². The van der Waals surface area contributed by atoms with Crippen LogP contribution in [0.15, 0.2) is 52.0 Å². The maximum atomic E-state index is 11.9. The van der Waals surface area contributed by atoms with Gasteiger partial charge < -0.3 is 14.5 Å². The van der Waals surface area contributed by atoms with Crippen LogP contribution in [0.5, 0.6) is 5.75 Å². The molecule has 0 spiro atoms. The highest BCUT2D eigenvalue weighted by Gasteiger charge is 2.16. The first-order valence-corrected chi connectivity index (χ1v) is 8.32. The average molecular weight is 338 g/mol. The molecule has 0 atom stereocenters. The van der Waals surface area contributed by atoms with Crippen molar-refractivity contribution < 1.29 is 22.4 Å². The van der Waals surface area contributed by atoms with E-state index in [4.69, 9.17) is 9.15 Å². The summed E-state index contributed by atoms with van der Waals surface area (Å²) in [5.41, 5.74) is 0. The van der Waals surface area contributed by atoms with Crippen LogP contribution in [-0.2, 0) is 10.0 Å². The van der Waals surface area contributed by atoms with Crippen LogP contribution in [0.4, 0.5) is 0 Å². The molecule has 0 saturated carbocycles. The Hall–Kier alpha value is -2.32. The first kappa shape index (κ1) is 17.0. The lowest BCUT2D eigenvalue weighted by Crippen LogP contribution is -2.27. The highest BCUT2D eigenvalue weighted by molar-refractivity contribution is 7.89. The van der Waals surface area contributed by atoms with Crippen LogP contribution in [0.1, 0.15) is 10.6 Å². The topological polar surface area (TPSA) is 88.9 Å². The van der Waals surface area contributed by atoms with E-state index in [0.717, 1.165) is 4.31 Å². The van der Waals surface area contributed by atoms with E-state index in [1.54, 1.807) is 24.3 Å². The summed E-state index contributed by atoms with van der Waals surface area (Å²) < 4.78 is 35.4. The number of carbonyl (C=O) groups is 1. The van der Waals surface area contributed by atoms with Crippen molar-refractivity contribution in [2.75, 3.05) is 27.2 Å². The first-order valence-electron chi connectivity index (χ1n) is 6.88. The molecule has 0 fully saturated rings. The molecule has 124 valence electrons. The Morgan fingerprint density at radius 1 is 1.22 bits per heavy atom. The molecule has 1 aromatic carbocycles. The quantitative estimate of drug-likeness (QED) is 0.770. The van der Waals surface area contributed by atoms with Crippen molar-refractivity contribution in [1.29, 1.82) is 0 Å². The fourth-order valence-electron chi connectivity index (χ4n) is 1.75. The SMILES string of the molecule is CN(C)S(=O)(=O)c1ccc(OCCNC(=O)c2ccco2)cc1. The van der Waals surface area contributed by atoms with Gasteiger partial charge in [0.2, 0.25) is 10.0 Å². The molecule has 1 heterocycles. The summed E-state index contributed by atoms with van der Waals surface area (Å²) in [4.78, 5) is 11.8. The zero-order chi connectivity index (χ0) is 16.9. The molecule has 0 unspecified atom stereocenters. The maximum Gasteiger partial charge on any atom is 0.287 e. The zero-order valence-electron chi connectivity index (χ0n) is 12.9. The van der Waals surface area contributed by atoms with E-state index in [0.29, 0.717) is 12.3 Å². The second-order valence-electron chi connectivity index (χ2n) is 4.84. The number of nitrogens with one attached hydrogen (secondary N) is 1. The predicted molar refractivity (Wildman–Crippen MR) is 83.9 cm³/mol. The Morgan fingerprint density at radius 2 is 1.91 bits per heavy atom. The lowest BCUT2D eigenvalue weighted by Gasteiger charge is -2.12. The number of nitrogens with zero attached hydrogens (tertiary/aromatic N) is 1. The summed E-state index contributed by atoms with van der Waals surface area (Å²) in [7, 11) is -0.497. The zero-order valence-corrected chi connectivity index (χ0v) is 13.7. The van der Waals surface area contributed by atoms with Gasteiger partial charge in [0.1, 0.15) is 12.4 Å². The van der Waals surface area contributed by atoms with Gasteiger partial charge in [-0.2, -0.15) is 0 Å². The Labute approximate surface area is 134 Å². The van der Waals surface area contributed by atoms with Crippen molar-refractivity contribution in [2.45, 2.75) is 4.90 Å². The van der Waals surface area contributed by atoms with Crippen molar-refractivity contribution in [2.24, 2.45) is 0 Å². The molecule has 23 heavy (non-hydrogen) atoms. The monoisotopic (exact) mass is 338 g/mol. The fraction of sp³-hybridized carbons (Fsp3) is 0.267. The number of hydrogen-bond donors (Lipinski definition) is 1. The van der Waals surface area contributed by atoms with Gasteiger partial charge in [-0.05, 0) is 36.4 Å². The van der Waals surface area contributed by atoms with Crippen molar-refractivity contribution in [1.82, 2.24) is 9.62 Å². The number of benzene rings is 1. The summed E-state index contributed by atoms with van der Waals surface area (Å²) in [5.74, 6) is 0.448. The Balaban J connectivity index is 1.82. The van der Waals surface area contributed by atoms with Gasteiger partial charge in [0.25, 0.3) is 5.91 Å². The minimum atomic E-state index is -3.44. The van der Waals surface area contributed by atoms with Gasteiger partial charge in [-0.25, -0.2) is 12.7 Å². The molecule has 8 heteroatoms. The molecule has 0 radical (unpaired) electrons. The van der Waals surface area contributed by atoms with Gasteiger partial charge in [-0.1, -0.05) is 0 Å². The molecule has 7 nitrogen and oxygen atoms in total. The number of hydrogen-bond acceptors (Lipinski definition) is 5. The molecule has 1 aromatic heterocycles. The Morgan fingerprint density at radius 3 is 2.48 bits per heavy atom. The van der Waals surface area contributed by atoms with Crippen LogP contribution >= 0.6 is 0 Å². The summed E-state index contributed by atoms with van der Waals surface area (Å²) in [6.07, 6.45) is 1.43. The molecule has 0 aliphatic carbocycles. The lowest BCUT2D eigenvalue weighted by atomic mass is 10.3. The molecule has 0 aliphatic rings. The molecular formula is C15H18N2O5S. The summed E-state index contributed by atoms with van der Waals surface area (Å²) >= 11 is 0. The summed E-state index contributed by atoms with van der Waals surface area (Å²) in [6, 6.07) is 9.31. The standard InChI is InChI=1S/C15H18N2O5S/c1-17(2)23(19,20)13-7-5-12(6-8-13)21-11-9-16-15(18)14-4-3-10-22-14/h3-8,10H,9,11H2,1-2H3,(H,16,18). The predicted octanol–water partition coefficient (Wildman–Crippen LogP) is 1.34. The van der Waals surface area contributed by atoms with Gasteiger partial charge >= 0.3 is 0 Å². The number of carbonyl (C=O) groups excluding carboxylic acids is 1. The Bertz CT molecular complexity index is 737. The molecule has 2 rings (SSSR count). The lowest BCUT2D eigenvalue weighted by molar-refractivity contribution is 0.0919. The van der Waals surface area contributed by atoms with E-state index in [9.17, 15) is 13.2 Å². The largest absolute Gasteiger partial charge is 0.492 e. The number of amides is 1. The highest BCUT2D eigenvalue weighted by atomic mass is 32.2. The maximum absolute atomic E-state index is 11.9. The van der Waals surface area contributed by atoms with E-state index < -0.39 is 10.0 Å². The molecule has 1 N–H and O–H groups in total. The first-order chi connectivity index (χ1) is 10.9. The second-order valence-corrected chi connectivity index (χ2v) is 6.99. The molecule has 1 amide bonds. The Kier molecular flexibility index (Phi) is 5.41. The fourth-order valence-corrected chi connectivity index (χ4v) is 2.65. The van der Waals surface area contributed by atoms with E-state index in [1.165, 1.54) is 32.5 Å². The second kappa shape index (κ2) is 7.30. The van der Waals surface area contributed by atoms with Gasteiger partial charge in [0, 0.05) is 14.1 Å². The number of furan rings is 1. The van der Waals surface area contributed by atoms with E-state index in [1.807, 2.05) is 0 Å².